The number of carbonyl (C=O) groups excluding carboxylic acids is 3. The van der Waals surface area contributed by atoms with Crippen LogP contribution in [0.15, 0.2) is 0 Å². The Morgan fingerprint density at radius 1 is 1.00 bits per heavy atom. The van der Waals surface area contributed by atoms with Crippen molar-refractivity contribution in [2.45, 2.75) is 143 Å². The standard InChI is InChI=1S/C28H51NO5/c1-6-8-9-10-11-12-13-14-15-16-23(33-28(32)25(29-20-30)17-21(3)4)19-26-24(27(31)34-26)18-22(5)7-2/h20-26H,6-19H2,1-5H3,(H,29,30). The maximum absolute atomic E-state index is 12.8. The normalized spacial score (nSPS) is 20.2. The lowest BCUT2D eigenvalue weighted by molar-refractivity contribution is -0.191. The summed E-state index contributed by atoms with van der Waals surface area (Å²) in [6.07, 6.45) is 14.9. The van der Waals surface area contributed by atoms with Crippen molar-refractivity contribution in [3.63, 3.8) is 0 Å². The average Bonchev–Trinajstić information content (AvgIpc) is 2.80. The predicted molar refractivity (Wildman–Crippen MR) is 136 cm³/mol. The summed E-state index contributed by atoms with van der Waals surface area (Å²) in [4.78, 5) is 35.9. The van der Waals surface area contributed by atoms with E-state index >= 15 is 0 Å². The Kier molecular flexibility index (Phi) is 15.9. The van der Waals surface area contributed by atoms with Gasteiger partial charge in [-0.25, -0.2) is 4.79 Å². The van der Waals surface area contributed by atoms with Crippen LogP contribution in [0.3, 0.4) is 0 Å². The van der Waals surface area contributed by atoms with Crippen molar-refractivity contribution in [2.24, 2.45) is 17.8 Å². The molecule has 1 fully saturated rings. The summed E-state index contributed by atoms with van der Waals surface area (Å²) in [5, 5.41) is 2.61. The Labute approximate surface area is 208 Å². The van der Waals surface area contributed by atoms with Gasteiger partial charge in [0.15, 0.2) is 0 Å². The second kappa shape index (κ2) is 17.8. The van der Waals surface area contributed by atoms with Crippen molar-refractivity contribution in [3.05, 3.63) is 0 Å². The van der Waals surface area contributed by atoms with Crippen molar-refractivity contribution in [1.82, 2.24) is 5.32 Å². The highest BCUT2D eigenvalue weighted by molar-refractivity contribution is 5.79. The molecule has 5 atom stereocenters. The summed E-state index contributed by atoms with van der Waals surface area (Å²) in [7, 11) is 0. The molecule has 198 valence electrons. The molecule has 6 heteroatoms. The van der Waals surface area contributed by atoms with E-state index in [0.717, 1.165) is 32.1 Å². The van der Waals surface area contributed by atoms with E-state index in [4.69, 9.17) is 9.47 Å². The van der Waals surface area contributed by atoms with Gasteiger partial charge in [0.05, 0.1) is 5.92 Å². The van der Waals surface area contributed by atoms with Gasteiger partial charge in [-0.3, -0.25) is 9.59 Å². The maximum Gasteiger partial charge on any atom is 0.328 e. The minimum atomic E-state index is -0.636. The minimum absolute atomic E-state index is 0.0983. The fraction of sp³-hybridized carbons (Fsp3) is 0.893. The van der Waals surface area contributed by atoms with Gasteiger partial charge in [0.25, 0.3) is 0 Å². The third-order valence-corrected chi connectivity index (χ3v) is 7.04. The van der Waals surface area contributed by atoms with Crippen molar-refractivity contribution >= 4 is 18.3 Å². The quantitative estimate of drug-likeness (QED) is 0.117. The van der Waals surface area contributed by atoms with Crippen LogP contribution in [-0.4, -0.2) is 36.6 Å². The molecule has 0 spiro atoms. The molecule has 0 radical (unpaired) electrons. The molecule has 6 nitrogen and oxygen atoms in total. The highest BCUT2D eigenvalue weighted by Crippen LogP contribution is 2.34. The number of hydrogen-bond donors (Lipinski definition) is 1. The SMILES string of the molecule is CCCCCCCCCCCC(CC1OC(=O)C1CC(C)CC)OC(=O)C(CC(C)C)NC=O. The van der Waals surface area contributed by atoms with Gasteiger partial charge in [0.1, 0.15) is 18.2 Å². The van der Waals surface area contributed by atoms with Crippen molar-refractivity contribution in [3.8, 4) is 0 Å². The Bertz CT molecular complexity index is 579. The molecule has 34 heavy (non-hydrogen) atoms. The largest absolute Gasteiger partial charge is 0.461 e. The van der Waals surface area contributed by atoms with Gasteiger partial charge in [0, 0.05) is 6.42 Å². The first-order chi connectivity index (χ1) is 16.3. The molecule has 0 aromatic rings. The number of esters is 2. The number of cyclic esters (lactones) is 1. The molecular formula is C28H51NO5. The summed E-state index contributed by atoms with van der Waals surface area (Å²) in [6.45, 7) is 10.6. The van der Waals surface area contributed by atoms with Gasteiger partial charge in [-0.15, -0.1) is 0 Å². The molecule has 1 saturated heterocycles. The highest BCUT2D eigenvalue weighted by Gasteiger charge is 2.44. The Hall–Kier alpha value is -1.59. The fourth-order valence-corrected chi connectivity index (χ4v) is 4.66. The van der Waals surface area contributed by atoms with E-state index in [2.05, 4.69) is 26.1 Å². The van der Waals surface area contributed by atoms with Crippen LogP contribution < -0.4 is 5.32 Å². The molecule has 0 aromatic heterocycles. The minimum Gasteiger partial charge on any atom is -0.461 e. The molecule has 5 unspecified atom stereocenters. The van der Waals surface area contributed by atoms with E-state index in [-0.39, 0.29) is 36.0 Å². The number of carbonyl (C=O) groups is 3. The lowest BCUT2D eigenvalue weighted by Crippen LogP contribution is -2.48. The van der Waals surface area contributed by atoms with Crippen molar-refractivity contribution < 1.29 is 23.9 Å². The number of hydrogen-bond acceptors (Lipinski definition) is 5. The van der Waals surface area contributed by atoms with Gasteiger partial charge in [-0.2, -0.15) is 0 Å². The number of ether oxygens (including phenoxy) is 2. The first-order valence-electron chi connectivity index (χ1n) is 13.9. The average molecular weight is 482 g/mol. The van der Waals surface area contributed by atoms with Gasteiger partial charge in [-0.05, 0) is 37.5 Å². The fourth-order valence-electron chi connectivity index (χ4n) is 4.66. The molecular weight excluding hydrogens is 430 g/mol. The van der Waals surface area contributed by atoms with Crippen LogP contribution in [0, 0.1) is 17.8 Å². The molecule has 1 aliphatic heterocycles. The summed E-state index contributed by atoms with van der Waals surface area (Å²) in [5.74, 6) is 0.114. The Morgan fingerprint density at radius 3 is 2.15 bits per heavy atom. The van der Waals surface area contributed by atoms with Crippen LogP contribution in [-0.2, 0) is 23.9 Å². The van der Waals surface area contributed by atoms with Crippen LogP contribution in [0.1, 0.15) is 125 Å². The highest BCUT2D eigenvalue weighted by atomic mass is 16.6. The van der Waals surface area contributed by atoms with Crippen LogP contribution in [0.25, 0.3) is 0 Å². The third kappa shape index (κ3) is 12.2. The molecule has 1 N–H and O–H groups in total. The van der Waals surface area contributed by atoms with Crippen LogP contribution in [0.5, 0.6) is 0 Å². The van der Waals surface area contributed by atoms with E-state index in [1.165, 1.54) is 44.9 Å². The molecule has 0 aliphatic carbocycles. The van der Waals surface area contributed by atoms with Crippen molar-refractivity contribution in [2.75, 3.05) is 0 Å². The summed E-state index contributed by atoms with van der Waals surface area (Å²) in [5.41, 5.74) is 0. The van der Waals surface area contributed by atoms with E-state index < -0.39 is 6.04 Å². The predicted octanol–water partition coefficient (Wildman–Crippen LogP) is 6.35. The third-order valence-electron chi connectivity index (χ3n) is 7.04. The molecule has 1 rings (SSSR count). The van der Waals surface area contributed by atoms with E-state index in [1.807, 2.05) is 13.8 Å². The van der Waals surface area contributed by atoms with E-state index in [0.29, 0.717) is 25.2 Å². The molecule has 0 bridgehead atoms. The second-order valence-electron chi connectivity index (χ2n) is 10.7. The first kappa shape index (κ1) is 30.4. The van der Waals surface area contributed by atoms with Crippen LogP contribution >= 0.6 is 0 Å². The molecule has 1 amide bonds. The van der Waals surface area contributed by atoms with Crippen LogP contribution in [0.4, 0.5) is 0 Å². The van der Waals surface area contributed by atoms with Gasteiger partial charge in [-0.1, -0.05) is 92.4 Å². The lowest BCUT2D eigenvalue weighted by Gasteiger charge is -2.38. The van der Waals surface area contributed by atoms with E-state index in [1.54, 1.807) is 0 Å². The Morgan fingerprint density at radius 2 is 1.62 bits per heavy atom. The lowest BCUT2D eigenvalue weighted by atomic mass is 9.83. The summed E-state index contributed by atoms with van der Waals surface area (Å²) < 4.78 is 11.4. The molecule has 1 heterocycles. The number of unbranched alkanes of at least 4 members (excludes halogenated alkanes) is 8. The van der Waals surface area contributed by atoms with Crippen LogP contribution in [0.2, 0.25) is 0 Å². The van der Waals surface area contributed by atoms with E-state index in [9.17, 15) is 14.4 Å². The van der Waals surface area contributed by atoms with Gasteiger partial charge >= 0.3 is 11.9 Å². The zero-order valence-corrected chi connectivity index (χ0v) is 22.5. The van der Waals surface area contributed by atoms with Gasteiger partial charge in [0.2, 0.25) is 6.41 Å². The molecule has 0 saturated carbocycles. The zero-order chi connectivity index (χ0) is 25.3. The second-order valence-corrected chi connectivity index (χ2v) is 10.7. The monoisotopic (exact) mass is 481 g/mol. The molecule has 1 aliphatic rings. The molecule has 0 aromatic carbocycles. The summed E-state index contributed by atoms with van der Waals surface area (Å²) >= 11 is 0. The Balaban J connectivity index is 2.61. The zero-order valence-electron chi connectivity index (χ0n) is 22.5. The van der Waals surface area contributed by atoms with Crippen molar-refractivity contribution in [1.29, 1.82) is 0 Å². The topological polar surface area (TPSA) is 81.7 Å². The number of amides is 1. The first-order valence-corrected chi connectivity index (χ1v) is 13.9. The number of rotatable bonds is 21. The maximum atomic E-state index is 12.8. The summed E-state index contributed by atoms with van der Waals surface area (Å²) in [6, 6.07) is -0.636. The number of nitrogens with one attached hydrogen (secondary N) is 1. The van der Waals surface area contributed by atoms with Gasteiger partial charge < -0.3 is 14.8 Å². The smallest absolute Gasteiger partial charge is 0.328 e.